The number of fused-ring (bicyclic) bond motifs is 2. The van der Waals surface area contributed by atoms with E-state index in [4.69, 9.17) is 11.6 Å². The molecule has 98 valence electrons. The first kappa shape index (κ1) is 12.3. The molecular weight excluding hydrogens is 230 g/mol. The maximum absolute atomic E-state index is 6.17. The standard InChI is InChI=1S/C15H26ClN/c16-10-15-4-2-1-3-7-17(15)11-14-9-12-5-6-13(14)8-12/h12-15H,1-11H2. The molecule has 2 heteroatoms. The highest BCUT2D eigenvalue weighted by Crippen LogP contribution is 2.48. The average molecular weight is 256 g/mol. The molecule has 0 aromatic rings. The van der Waals surface area contributed by atoms with Gasteiger partial charge in [-0.3, -0.25) is 4.90 Å². The lowest BCUT2D eigenvalue weighted by atomic mass is 9.88. The van der Waals surface area contributed by atoms with Crippen molar-refractivity contribution in [2.75, 3.05) is 19.0 Å². The van der Waals surface area contributed by atoms with Crippen LogP contribution in [0.15, 0.2) is 0 Å². The van der Waals surface area contributed by atoms with Crippen molar-refractivity contribution < 1.29 is 0 Å². The molecule has 3 fully saturated rings. The van der Waals surface area contributed by atoms with Gasteiger partial charge < -0.3 is 0 Å². The van der Waals surface area contributed by atoms with Crippen molar-refractivity contribution in [1.29, 1.82) is 0 Å². The molecule has 17 heavy (non-hydrogen) atoms. The first-order valence-electron chi connectivity index (χ1n) is 7.67. The van der Waals surface area contributed by atoms with Crippen LogP contribution in [-0.2, 0) is 0 Å². The fourth-order valence-corrected chi connectivity index (χ4v) is 4.90. The lowest BCUT2D eigenvalue weighted by molar-refractivity contribution is 0.154. The van der Waals surface area contributed by atoms with Gasteiger partial charge in [0.2, 0.25) is 0 Å². The second-order valence-corrected chi connectivity index (χ2v) is 6.90. The van der Waals surface area contributed by atoms with Crippen molar-refractivity contribution in [2.24, 2.45) is 17.8 Å². The largest absolute Gasteiger partial charge is 0.299 e. The van der Waals surface area contributed by atoms with Gasteiger partial charge in [0, 0.05) is 18.5 Å². The maximum atomic E-state index is 6.17. The summed E-state index contributed by atoms with van der Waals surface area (Å²) in [4.78, 5) is 2.74. The smallest absolute Gasteiger partial charge is 0.0379 e. The molecule has 0 aromatic heterocycles. The SMILES string of the molecule is ClCC1CCCCCN1CC1CC2CCC1C2. The van der Waals surface area contributed by atoms with E-state index in [-0.39, 0.29) is 0 Å². The Labute approximate surface area is 111 Å². The van der Waals surface area contributed by atoms with E-state index in [0.29, 0.717) is 6.04 Å². The van der Waals surface area contributed by atoms with E-state index in [9.17, 15) is 0 Å². The normalized spacial score (nSPS) is 42.9. The van der Waals surface area contributed by atoms with Gasteiger partial charge in [0.05, 0.1) is 0 Å². The molecule has 0 radical (unpaired) electrons. The Morgan fingerprint density at radius 1 is 1.00 bits per heavy atom. The van der Waals surface area contributed by atoms with Crippen molar-refractivity contribution in [3.8, 4) is 0 Å². The summed E-state index contributed by atoms with van der Waals surface area (Å²) >= 11 is 6.17. The van der Waals surface area contributed by atoms with E-state index in [1.807, 2.05) is 0 Å². The topological polar surface area (TPSA) is 3.24 Å². The van der Waals surface area contributed by atoms with Gasteiger partial charge in [0.25, 0.3) is 0 Å². The third-order valence-corrected chi connectivity index (χ3v) is 5.89. The summed E-state index contributed by atoms with van der Waals surface area (Å²) in [5.74, 6) is 4.02. The van der Waals surface area contributed by atoms with Crippen molar-refractivity contribution in [2.45, 2.75) is 57.4 Å². The van der Waals surface area contributed by atoms with E-state index in [1.165, 1.54) is 58.0 Å². The number of likely N-dealkylation sites (tertiary alicyclic amines) is 1. The summed E-state index contributed by atoms with van der Waals surface area (Å²) in [6.45, 7) is 2.67. The minimum Gasteiger partial charge on any atom is -0.299 e. The molecule has 3 aliphatic rings. The van der Waals surface area contributed by atoms with Crippen LogP contribution in [0.2, 0.25) is 0 Å². The van der Waals surface area contributed by atoms with Gasteiger partial charge in [-0.1, -0.05) is 19.3 Å². The minimum absolute atomic E-state index is 0.679. The number of rotatable bonds is 3. The molecule has 1 saturated heterocycles. The van der Waals surface area contributed by atoms with E-state index >= 15 is 0 Å². The van der Waals surface area contributed by atoms with E-state index in [1.54, 1.807) is 6.42 Å². The summed E-state index contributed by atoms with van der Waals surface area (Å²) in [6.07, 6.45) is 11.7. The maximum Gasteiger partial charge on any atom is 0.0379 e. The number of halogens is 1. The van der Waals surface area contributed by atoms with Gasteiger partial charge in [-0.05, 0) is 56.4 Å². The zero-order chi connectivity index (χ0) is 11.7. The lowest BCUT2D eigenvalue weighted by Gasteiger charge is -2.33. The molecule has 2 saturated carbocycles. The summed E-state index contributed by atoms with van der Waals surface area (Å²) < 4.78 is 0. The average Bonchev–Trinajstić information content (AvgIpc) is 2.87. The van der Waals surface area contributed by atoms with Crippen LogP contribution in [0.25, 0.3) is 0 Å². The van der Waals surface area contributed by atoms with Gasteiger partial charge >= 0.3 is 0 Å². The first-order valence-corrected chi connectivity index (χ1v) is 8.20. The van der Waals surface area contributed by atoms with Crippen LogP contribution in [0.1, 0.15) is 51.4 Å². The Hall–Kier alpha value is 0.250. The monoisotopic (exact) mass is 255 g/mol. The molecular formula is C15H26ClN. The zero-order valence-electron chi connectivity index (χ0n) is 10.9. The molecule has 0 spiro atoms. The summed E-state index contributed by atoms with van der Waals surface area (Å²) in [5, 5.41) is 0. The molecule has 1 heterocycles. The van der Waals surface area contributed by atoms with Crippen LogP contribution in [0.3, 0.4) is 0 Å². The van der Waals surface area contributed by atoms with Crippen LogP contribution in [0.5, 0.6) is 0 Å². The van der Waals surface area contributed by atoms with Crippen molar-refractivity contribution in [1.82, 2.24) is 4.90 Å². The molecule has 2 aliphatic carbocycles. The van der Waals surface area contributed by atoms with Gasteiger partial charge in [-0.2, -0.15) is 0 Å². The molecule has 3 rings (SSSR count). The number of nitrogens with zero attached hydrogens (tertiary/aromatic N) is 1. The molecule has 2 bridgehead atoms. The predicted octanol–water partition coefficient (Wildman–Crippen LogP) is 3.91. The Morgan fingerprint density at radius 3 is 2.65 bits per heavy atom. The summed E-state index contributed by atoms with van der Waals surface area (Å²) in [7, 11) is 0. The fraction of sp³-hybridized carbons (Fsp3) is 1.00. The van der Waals surface area contributed by atoms with E-state index in [0.717, 1.165) is 23.6 Å². The quantitative estimate of drug-likeness (QED) is 0.692. The van der Waals surface area contributed by atoms with Crippen LogP contribution >= 0.6 is 11.6 Å². The van der Waals surface area contributed by atoms with Gasteiger partial charge in [-0.25, -0.2) is 0 Å². The van der Waals surface area contributed by atoms with Crippen LogP contribution in [0, 0.1) is 17.8 Å². The molecule has 0 aromatic carbocycles. The molecule has 4 atom stereocenters. The lowest BCUT2D eigenvalue weighted by Crippen LogP contribution is -2.40. The second-order valence-electron chi connectivity index (χ2n) is 6.59. The third kappa shape index (κ3) is 2.66. The fourth-order valence-electron chi connectivity index (χ4n) is 4.55. The Balaban J connectivity index is 1.58. The first-order chi connectivity index (χ1) is 8.36. The molecule has 0 amide bonds. The highest BCUT2D eigenvalue weighted by atomic mass is 35.5. The third-order valence-electron chi connectivity index (χ3n) is 5.53. The zero-order valence-corrected chi connectivity index (χ0v) is 11.7. The molecule has 1 nitrogen and oxygen atoms in total. The Kier molecular flexibility index (Phi) is 3.97. The number of alkyl halides is 1. The highest BCUT2D eigenvalue weighted by molar-refractivity contribution is 6.18. The van der Waals surface area contributed by atoms with Crippen molar-refractivity contribution in [3.63, 3.8) is 0 Å². The minimum atomic E-state index is 0.679. The number of hydrogen-bond acceptors (Lipinski definition) is 1. The van der Waals surface area contributed by atoms with Crippen LogP contribution < -0.4 is 0 Å². The summed E-state index contributed by atoms with van der Waals surface area (Å²) in [6, 6.07) is 0.679. The van der Waals surface area contributed by atoms with Crippen molar-refractivity contribution >= 4 is 11.6 Å². The van der Waals surface area contributed by atoms with E-state index in [2.05, 4.69) is 4.90 Å². The predicted molar refractivity (Wildman–Crippen MR) is 73.5 cm³/mol. The second kappa shape index (κ2) is 5.48. The van der Waals surface area contributed by atoms with Gasteiger partial charge in [0.15, 0.2) is 0 Å². The van der Waals surface area contributed by atoms with Crippen LogP contribution in [0.4, 0.5) is 0 Å². The molecule has 1 aliphatic heterocycles. The Morgan fingerprint density at radius 2 is 1.94 bits per heavy atom. The summed E-state index contributed by atoms with van der Waals surface area (Å²) in [5.41, 5.74) is 0. The Bertz CT molecular complexity index is 255. The number of hydrogen-bond donors (Lipinski definition) is 0. The highest BCUT2D eigenvalue weighted by Gasteiger charge is 2.40. The van der Waals surface area contributed by atoms with Gasteiger partial charge in [0.1, 0.15) is 0 Å². The molecule has 0 N–H and O–H groups in total. The molecule has 4 unspecified atom stereocenters. The van der Waals surface area contributed by atoms with Crippen LogP contribution in [-0.4, -0.2) is 29.9 Å². The van der Waals surface area contributed by atoms with Crippen molar-refractivity contribution in [3.05, 3.63) is 0 Å². The van der Waals surface area contributed by atoms with Gasteiger partial charge in [-0.15, -0.1) is 11.6 Å². The van der Waals surface area contributed by atoms with E-state index < -0.39 is 0 Å².